The molecule has 0 unspecified atom stereocenters. The summed E-state index contributed by atoms with van der Waals surface area (Å²) >= 11 is 0. The molecule has 0 bridgehead atoms. The van der Waals surface area contributed by atoms with Gasteiger partial charge >= 0.3 is 12.1 Å². The van der Waals surface area contributed by atoms with Gasteiger partial charge in [0.1, 0.15) is 0 Å². The fraction of sp³-hybridized carbons (Fsp3) is 0.391. The molecular weight excluding hydrogens is 392 g/mol. The number of benzene rings is 2. The van der Waals surface area contributed by atoms with E-state index in [-0.39, 0.29) is 12.1 Å². The van der Waals surface area contributed by atoms with Crippen molar-refractivity contribution in [1.82, 2.24) is 20.4 Å². The average Bonchev–Trinajstić information content (AvgIpc) is 2.70. The lowest BCUT2D eigenvalue weighted by Crippen LogP contribution is -2.34. The molecular formula is C23H34N6O2. The van der Waals surface area contributed by atoms with Crippen molar-refractivity contribution >= 4 is 23.4 Å². The van der Waals surface area contributed by atoms with Gasteiger partial charge in [-0.3, -0.25) is 0 Å². The molecule has 2 aromatic carbocycles. The van der Waals surface area contributed by atoms with Gasteiger partial charge in [-0.1, -0.05) is 24.3 Å². The molecule has 0 aliphatic rings. The minimum Gasteiger partial charge on any atom is -0.337 e. The molecule has 0 aliphatic heterocycles. The molecule has 0 saturated carbocycles. The maximum absolute atomic E-state index is 11.9. The number of rotatable bonds is 10. The largest absolute Gasteiger partial charge is 0.337 e. The topological polar surface area (TPSA) is 88.7 Å². The highest BCUT2D eigenvalue weighted by Gasteiger charge is 2.04. The number of anilines is 2. The van der Waals surface area contributed by atoms with Gasteiger partial charge in [0.2, 0.25) is 0 Å². The number of likely N-dealkylation sites (N-methyl/N-ethyl adjacent to an activating group) is 2. The predicted octanol–water partition coefficient (Wildman–Crippen LogP) is 2.64. The summed E-state index contributed by atoms with van der Waals surface area (Å²) in [6.45, 7) is 2.78. The summed E-state index contributed by atoms with van der Waals surface area (Å²) in [5.41, 5.74) is 3.79. The van der Waals surface area contributed by atoms with Gasteiger partial charge < -0.3 is 31.1 Å². The molecule has 2 rings (SSSR count). The first-order chi connectivity index (χ1) is 14.8. The van der Waals surface area contributed by atoms with Gasteiger partial charge in [0, 0.05) is 37.6 Å². The molecule has 0 radical (unpaired) electrons. The fourth-order valence-electron chi connectivity index (χ4n) is 2.78. The predicted molar refractivity (Wildman–Crippen MR) is 127 cm³/mol. The minimum absolute atomic E-state index is 0.205. The van der Waals surface area contributed by atoms with Crippen LogP contribution in [0.3, 0.4) is 0 Å². The lowest BCUT2D eigenvalue weighted by atomic mass is 10.0. The summed E-state index contributed by atoms with van der Waals surface area (Å²) in [5, 5.41) is 11.3. The van der Waals surface area contributed by atoms with E-state index in [4.69, 9.17) is 0 Å². The quantitative estimate of drug-likeness (QED) is 0.470. The van der Waals surface area contributed by atoms with Crippen molar-refractivity contribution in [2.45, 2.75) is 6.42 Å². The van der Waals surface area contributed by atoms with Crippen molar-refractivity contribution in [2.24, 2.45) is 0 Å². The van der Waals surface area contributed by atoms with Gasteiger partial charge in [0.15, 0.2) is 0 Å². The normalized spacial score (nSPS) is 10.8. The molecule has 4 amide bonds. The van der Waals surface area contributed by atoms with Gasteiger partial charge in [-0.05, 0) is 70.0 Å². The van der Waals surface area contributed by atoms with E-state index in [1.807, 2.05) is 86.5 Å². The molecule has 0 aromatic heterocycles. The van der Waals surface area contributed by atoms with Gasteiger partial charge in [-0.15, -0.1) is 0 Å². The summed E-state index contributed by atoms with van der Waals surface area (Å²) in [5.74, 6) is 0. The Morgan fingerprint density at radius 3 is 1.32 bits per heavy atom. The first-order valence-corrected chi connectivity index (χ1v) is 10.4. The second-order valence-corrected chi connectivity index (χ2v) is 7.94. The van der Waals surface area contributed by atoms with Crippen molar-refractivity contribution in [3.8, 4) is 0 Å². The van der Waals surface area contributed by atoms with Crippen molar-refractivity contribution in [2.75, 3.05) is 65.0 Å². The van der Waals surface area contributed by atoms with Crippen LogP contribution in [0.15, 0.2) is 48.5 Å². The van der Waals surface area contributed by atoms with E-state index in [0.717, 1.165) is 42.0 Å². The van der Waals surface area contributed by atoms with E-state index in [2.05, 4.69) is 21.3 Å². The van der Waals surface area contributed by atoms with Crippen LogP contribution >= 0.6 is 0 Å². The Morgan fingerprint density at radius 1 is 0.645 bits per heavy atom. The van der Waals surface area contributed by atoms with Gasteiger partial charge in [0.05, 0.1) is 0 Å². The molecule has 2 aromatic rings. The minimum atomic E-state index is -0.205. The number of hydrogen-bond acceptors (Lipinski definition) is 4. The number of amides is 4. The number of carbonyl (C=O) groups is 2. The van der Waals surface area contributed by atoms with Crippen molar-refractivity contribution in [3.05, 3.63) is 59.7 Å². The smallest absolute Gasteiger partial charge is 0.319 e. The van der Waals surface area contributed by atoms with E-state index in [1.54, 1.807) is 0 Å². The molecule has 0 fully saturated rings. The van der Waals surface area contributed by atoms with Crippen LogP contribution in [0.25, 0.3) is 0 Å². The molecule has 8 heteroatoms. The number of nitrogens with zero attached hydrogens (tertiary/aromatic N) is 2. The number of hydrogen-bond donors (Lipinski definition) is 4. The Bertz CT molecular complexity index is 749. The van der Waals surface area contributed by atoms with E-state index < -0.39 is 0 Å². The van der Waals surface area contributed by atoms with E-state index in [9.17, 15) is 9.59 Å². The van der Waals surface area contributed by atoms with Crippen LogP contribution in [-0.2, 0) is 6.42 Å². The molecule has 8 nitrogen and oxygen atoms in total. The second-order valence-electron chi connectivity index (χ2n) is 7.94. The SMILES string of the molecule is CN(C)CCNC(=O)Nc1ccc(Cc2ccc(NC(=O)NCCN(C)C)cc2)cc1. The van der Waals surface area contributed by atoms with Crippen molar-refractivity contribution in [3.63, 3.8) is 0 Å². The van der Waals surface area contributed by atoms with Crippen LogP contribution in [0, 0.1) is 0 Å². The standard InChI is InChI=1S/C23H34N6O2/c1-28(2)15-13-24-22(30)26-20-9-5-18(6-10-20)17-19-7-11-21(12-8-19)27-23(31)25-14-16-29(3)4/h5-12H,13-17H2,1-4H3,(H2,24,26,30)(H2,25,27,31). The number of carbonyl (C=O) groups excluding carboxylic acids is 2. The average molecular weight is 427 g/mol. The second kappa shape index (κ2) is 12.6. The maximum atomic E-state index is 11.9. The van der Waals surface area contributed by atoms with Crippen LogP contribution in [0.4, 0.5) is 21.0 Å². The maximum Gasteiger partial charge on any atom is 0.319 e. The van der Waals surface area contributed by atoms with Crippen molar-refractivity contribution in [1.29, 1.82) is 0 Å². The van der Waals surface area contributed by atoms with Crippen LogP contribution in [-0.4, -0.2) is 76.2 Å². The van der Waals surface area contributed by atoms with E-state index >= 15 is 0 Å². The van der Waals surface area contributed by atoms with Gasteiger partial charge in [-0.2, -0.15) is 0 Å². The summed E-state index contributed by atoms with van der Waals surface area (Å²) in [6, 6.07) is 15.2. The Balaban J connectivity index is 1.78. The molecule has 0 heterocycles. The Hall–Kier alpha value is -3.10. The molecule has 0 spiro atoms. The highest BCUT2D eigenvalue weighted by molar-refractivity contribution is 5.89. The zero-order chi connectivity index (χ0) is 22.6. The highest BCUT2D eigenvalue weighted by Crippen LogP contribution is 2.16. The molecule has 31 heavy (non-hydrogen) atoms. The van der Waals surface area contributed by atoms with E-state index in [1.165, 1.54) is 0 Å². The third-order valence-corrected chi connectivity index (χ3v) is 4.52. The molecule has 4 N–H and O–H groups in total. The van der Waals surface area contributed by atoms with E-state index in [0.29, 0.717) is 13.1 Å². The van der Waals surface area contributed by atoms with Gasteiger partial charge in [-0.25, -0.2) is 9.59 Å². The zero-order valence-electron chi connectivity index (χ0n) is 18.9. The first-order valence-electron chi connectivity index (χ1n) is 10.4. The molecule has 168 valence electrons. The lowest BCUT2D eigenvalue weighted by molar-refractivity contribution is 0.250. The number of nitrogens with one attached hydrogen (secondary N) is 4. The third kappa shape index (κ3) is 9.97. The van der Waals surface area contributed by atoms with Crippen LogP contribution in [0.5, 0.6) is 0 Å². The molecule has 0 aliphatic carbocycles. The monoisotopic (exact) mass is 426 g/mol. The molecule has 0 atom stereocenters. The number of urea groups is 2. The van der Waals surface area contributed by atoms with Crippen LogP contribution in [0.1, 0.15) is 11.1 Å². The third-order valence-electron chi connectivity index (χ3n) is 4.52. The Labute approximate surface area is 185 Å². The van der Waals surface area contributed by atoms with Crippen molar-refractivity contribution < 1.29 is 9.59 Å². The summed E-state index contributed by atoms with van der Waals surface area (Å²) in [7, 11) is 7.86. The summed E-state index contributed by atoms with van der Waals surface area (Å²) in [4.78, 5) is 27.8. The fourth-order valence-corrected chi connectivity index (χ4v) is 2.78. The highest BCUT2D eigenvalue weighted by atomic mass is 16.2. The summed E-state index contributed by atoms with van der Waals surface area (Å²) in [6.07, 6.45) is 0.768. The van der Waals surface area contributed by atoms with Gasteiger partial charge in [0.25, 0.3) is 0 Å². The summed E-state index contributed by atoms with van der Waals surface area (Å²) < 4.78 is 0. The van der Waals surface area contributed by atoms with Crippen LogP contribution < -0.4 is 21.3 Å². The Kier molecular flexibility index (Phi) is 9.80. The first kappa shape index (κ1) is 24.2. The Morgan fingerprint density at radius 2 is 1.00 bits per heavy atom. The molecule has 0 saturated heterocycles. The zero-order valence-corrected chi connectivity index (χ0v) is 18.9. The van der Waals surface area contributed by atoms with Crippen LogP contribution in [0.2, 0.25) is 0 Å². The lowest BCUT2D eigenvalue weighted by Gasteiger charge is -2.12.